The molecule has 5 aliphatic rings. The van der Waals surface area contributed by atoms with Crippen LogP contribution in [0.4, 0.5) is 19.0 Å². The van der Waals surface area contributed by atoms with Gasteiger partial charge in [-0.05, 0) is 61.3 Å². The number of hydrogen-bond acceptors (Lipinski definition) is 3. The molecular formula is C24H27F3N4O. The maximum Gasteiger partial charge on any atom is 0.410 e. The summed E-state index contributed by atoms with van der Waals surface area (Å²) in [5.41, 5.74) is 0.968. The maximum atomic E-state index is 13.9. The van der Waals surface area contributed by atoms with E-state index in [2.05, 4.69) is 15.7 Å². The highest BCUT2D eigenvalue weighted by Crippen LogP contribution is 2.54. The molecule has 0 saturated heterocycles. The Hall–Kier alpha value is -2.51. The number of benzene rings is 1. The Bertz CT molecular complexity index is 990. The minimum absolute atomic E-state index is 0.123. The first-order valence-electron chi connectivity index (χ1n) is 11.6. The third-order valence-electron chi connectivity index (χ3n) is 8.21. The van der Waals surface area contributed by atoms with Gasteiger partial charge in [-0.2, -0.15) is 18.3 Å². The van der Waals surface area contributed by atoms with Crippen molar-refractivity contribution in [1.29, 1.82) is 0 Å². The summed E-state index contributed by atoms with van der Waals surface area (Å²) in [4.78, 5) is 13.3. The van der Waals surface area contributed by atoms with E-state index in [9.17, 15) is 18.0 Å². The Kier molecular flexibility index (Phi) is 4.56. The van der Waals surface area contributed by atoms with Gasteiger partial charge in [-0.15, -0.1) is 0 Å². The van der Waals surface area contributed by atoms with Gasteiger partial charge in [0.15, 0.2) is 6.04 Å². The van der Waals surface area contributed by atoms with Crippen LogP contribution in [0.15, 0.2) is 36.5 Å². The first kappa shape index (κ1) is 20.1. The van der Waals surface area contributed by atoms with Gasteiger partial charge in [0.25, 0.3) is 5.91 Å². The summed E-state index contributed by atoms with van der Waals surface area (Å²) in [6, 6.07) is 6.89. The van der Waals surface area contributed by atoms with Crippen molar-refractivity contribution in [2.24, 2.45) is 23.7 Å². The highest BCUT2D eigenvalue weighted by atomic mass is 19.4. The zero-order chi connectivity index (χ0) is 22.0. The third-order valence-corrected chi connectivity index (χ3v) is 8.21. The summed E-state index contributed by atoms with van der Waals surface area (Å²) in [5, 5.41) is 10.4. The lowest BCUT2D eigenvalue weighted by atomic mass is 9.54. The van der Waals surface area contributed by atoms with E-state index in [-0.39, 0.29) is 29.8 Å². The average Bonchev–Trinajstić information content (AvgIpc) is 3.19. The van der Waals surface area contributed by atoms with E-state index in [0.29, 0.717) is 11.8 Å². The van der Waals surface area contributed by atoms with Crippen LogP contribution < -0.4 is 10.6 Å². The number of nitrogens with one attached hydrogen (secondary N) is 2. The predicted octanol–water partition coefficient (Wildman–Crippen LogP) is 5.10. The number of fused-ring (bicyclic) bond motifs is 1. The van der Waals surface area contributed by atoms with Crippen molar-refractivity contribution >= 4 is 11.7 Å². The van der Waals surface area contributed by atoms with Crippen molar-refractivity contribution in [2.45, 2.75) is 62.8 Å². The largest absolute Gasteiger partial charge is 0.410 e. The molecule has 2 heterocycles. The molecule has 1 amide bonds. The van der Waals surface area contributed by atoms with Crippen LogP contribution in [-0.4, -0.2) is 27.9 Å². The van der Waals surface area contributed by atoms with E-state index < -0.39 is 18.3 Å². The molecule has 32 heavy (non-hydrogen) atoms. The fourth-order valence-electron chi connectivity index (χ4n) is 7.02. The van der Waals surface area contributed by atoms with Gasteiger partial charge in [0.1, 0.15) is 11.4 Å². The predicted molar refractivity (Wildman–Crippen MR) is 113 cm³/mol. The van der Waals surface area contributed by atoms with Crippen molar-refractivity contribution < 1.29 is 18.0 Å². The second-order valence-corrected chi connectivity index (χ2v) is 10.2. The van der Waals surface area contributed by atoms with E-state index in [0.717, 1.165) is 47.8 Å². The lowest BCUT2D eigenvalue weighted by molar-refractivity contribution is -0.173. The standard InChI is InChI=1S/C24H27F3N4O/c25-24(26,27)20-11-19(15-4-2-1-3-5-15)29-22-18(12-28-31(20)22)23(32)30-21-16-7-13-6-14(9-16)10-17(21)8-13/h1-5,12-14,16-17,19-21,29H,6-11H2,(H,30,32)/t13-,14+,16-,17+,19?,20?,21?. The molecule has 1 aromatic carbocycles. The molecule has 0 radical (unpaired) electrons. The molecule has 2 aromatic rings. The van der Waals surface area contributed by atoms with Crippen LogP contribution in [0.5, 0.6) is 0 Å². The zero-order valence-electron chi connectivity index (χ0n) is 17.7. The Morgan fingerprint density at radius 2 is 1.66 bits per heavy atom. The minimum Gasteiger partial charge on any atom is -0.363 e. The minimum atomic E-state index is -4.45. The van der Waals surface area contributed by atoms with Gasteiger partial charge in [0, 0.05) is 12.5 Å². The fourth-order valence-corrected chi connectivity index (χ4v) is 7.02. The van der Waals surface area contributed by atoms with Crippen molar-refractivity contribution in [3.8, 4) is 0 Å². The lowest BCUT2D eigenvalue weighted by Crippen LogP contribution is -2.55. The smallest absolute Gasteiger partial charge is 0.363 e. The quantitative estimate of drug-likeness (QED) is 0.693. The number of halogens is 3. The molecule has 1 aromatic heterocycles. The molecule has 7 rings (SSSR count). The molecule has 2 atom stereocenters. The van der Waals surface area contributed by atoms with Crippen LogP contribution in [0.2, 0.25) is 0 Å². The van der Waals surface area contributed by atoms with Gasteiger partial charge in [0.05, 0.1) is 12.2 Å². The van der Waals surface area contributed by atoms with Crippen LogP contribution >= 0.6 is 0 Å². The number of carbonyl (C=O) groups is 1. The van der Waals surface area contributed by atoms with Gasteiger partial charge < -0.3 is 10.6 Å². The molecule has 4 bridgehead atoms. The molecule has 8 heteroatoms. The number of carbonyl (C=O) groups excluding carboxylic acids is 1. The molecule has 5 nitrogen and oxygen atoms in total. The number of anilines is 1. The van der Waals surface area contributed by atoms with E-state index in [1.807, 2.05) is 30.3 Å². The number of aromatic nitrogens is 2. The Morgan fingerprint density at radius 1 is 1.00 bits per heavy atom. The first-order chi connectivity index (χ1) is 15.4. The van der Waals surface area contributed by atoms with E-state index in [4.69, 9.17) is 0 Å². The van der Waals surface area contributed by atoms with Crippen LogP contribution in [-0.2, 0) is 0 Å². The molecule has 4 saturated carbocycles. The molecule has 2 N–H and O–H groups in total. The first-order valence-corrected chi connectivity index (χ1v) is 11.6. The van der Waals surface area contributed by atoms with Crippen molar-refractivity contribution in [3.63, 3.8) is 0 Å². The Morgan fingerprint density at radius 3 is 2.28 bits per heavy atom. The van der Waals surface area contributed by atoms with Crippen molar-refractivity contribution in [2.75, 3.05) is 5.32 Å². The Labute approximate surface area is 184 Å². The van der Waals surface area contributed by atoms with E-state index in [1.165, 1.54) is 12.6 Å². The maximum absolute atomic E-state index is 13.9. The molecule has 0 spiro atoms. The summed E-state index contributed by atoms with van der Waals surface area (Å²) in [5.74, 6) is 2.41. The van der Waals surface area contributed by atoms with Crippen LogP contribution in [0, 0.1) is 23.7 Å². The number of amides is 1. The molecular weight excluding hydrogens is 417 g/mol. The summed E-state index contributed by atoms with van der Waals surface area (Å²) >= 11 is 0. The van der Waals surface area contributed by atoms with E-state index in [1.54, 1.807) is 0 Å². The highest BCUT2D eigenvalue weighted by Gasteiger charge is 2.50. The number of alkyl halides is 3. The lowest BCUT2D eigenvalue weighted by Gasteiger charge is -2.54. The summed E-state index contributed by atoms with van der Waals surface area (Å²) in [7, 11) is 0. The van der Waals surface area contributed by atoms with Crippen LogP contribution in [0.25, 0.3) is 0 Å². The van der Waals surface area contributed by atoms with Crippen LogP contribution in [0.3, 0.4) is 0 Å². The normalized spacial score (nSPS) is 35.3. The van der Waals surface area contributed by atoms with Gasteiger partial charge in [0.2, 0.25) is 0 Å². The summed E-state index contributed by atoms with van der Waals surface area (Å²) in [6.07, 6.45) is 2.64. The number of nitrogens with zero attached hydrogens (tertiary/aromatic N) is 2. The van der Waals surface area contributed by atoms with Crippen molar-refractivity contribution in [3.05, 3.63) is 47.7 Å². The Balaban J connectivity index is 1.29. The van der Waals surface area contributed by atoms with Gasteiger partial charge in [-0.1, -0.05) is 30.3 Å². The molecule has 170 valence electrons. The van der Waals surface area contributed by atoms with Gasteiger partial charge >= 0.3 is 6.18 Å². The topological polar surface area (TPSA) is 59.0 Å². The molecule has 4 aliphatic carbocycles. The zero-order valence-corrected chi connectivity index (χ0v) is 17.7. The molecule has 4 fully saturated rings. The summed E-state index contributed by atoms with van der Waals surface area (Å²) in [6.45, 7) is 0. The van der Waals surface area contributed by atoms with Crippen molar-refractivity contribution in [1.82, 2.24) is 15.1 Å². The monoisotopic (exact) mass is 444 g/mol. The molecule has 1 aliphatic heterocycles. The fraction of sp³-hybridized carbons (Fsp3) is 0.583. The van der Waals surface area contributed by atoms with Crippen LogP contribution in [0.1, 0.15) is 66.5 Å². The number of hydrogen-bond donors (Lipinski definition) is 2. The third kappa shape index (κ3) is 3.30. The number of rotatable bonds is 3. The molecule has 2 unspecified atom stereocenters. The summed E-state index contributed by atoms with van der Waals surface area (Å²) < 4.78 is 42.6. The second kappa shape index (κ2) is 7.25. The average molecular weight is 445 g/mol. The SMILES string of the molecule is O=C(NC1[C@H]2C[C@@H]3C[C@@H](C[C@H]1C3)C2)c1cnn2c1NC(c1ccccc1)CC2C(F)(F)F. The van der Waals surface area contributed by atoms with E-state index >= 15 is 0 Å². The van der Waals surface area contributed by atoms with Gasteiger partial charge in [-0.25, -0.2) is 4.68 Å². The van der Waals surface area contributed by atoms with Gasteiger partial charge in [-0.3, -0.25) is 4.79 Å². The highest BCUT2D eigenvalue weighted by molar-refractivity contribution is 5.99. The second-order valence-electron chi connectivity index (χ2n) is 10.2.